The maximum Gasteiger partial charge on any atom is 0.379 e. The van der Waals surface area contributed by atoms with Crippen LogP contribution in [0, 0.1) is 5.92 Å². The Morgan fingerprint density at radius 1 is 0.906 bits per heavy atom. The molecule has 3 aromatic rings. The number of ether oxygens (including phenoxy) is 1. The molecule has 0 radical (unpaired) electrons. The highest BCUT2D eigenvalue weighted by Gasteiger charge is 2.21. The molecule has 1 heterocycles. The maximum absolute atomic E-state index is 13.0. The molecule has 5 nitrogen and oxygen atoms in total. The standard InChI is InChI=1S/C27H31NO4/c1-3-28-23-13-11-19(25(29)15-10-18-8-6-5-7-9-18)16-21(23)22-17-20(12-14-24(22)28)26(30)27(31)32-4-2/h11-14,16-18H,3-10,15H2,1-2H3. The van der Waals surface area contributed by atoms with Crippen LogP contribution < -0.4 is 0 Å². The lowest BCUT2D eigenvalue weighted by atomic mass is 9.85. The van der Waals surface area contributed by atoms with Crippen LogP contribution in [-0.2, 0) is 16.1 Å². The summed E-state index contributed by atoms with van der Waals surface area (Å²) in [5.74, 6) is -0.640. The Bertz CT molecular complexity index is 1170. The van der Waals surface area contributed by atoms with E-state index in [4.69, 9.17) is 4.74 Å². The van der Waals surface area contributed by atoms with Gasteiger partial charge in [0, 0.05) is 45.9 Å². The summed E-state index contributed by atoms with van der Waals surface area (Å²) < 4.78 is 7.04. The van der Waals surface area contributed by atoms with Crippen LogP contribution in [0.4, 0.5) is 0 Å². The molecule has 0 bridgehead atoms. The van der Waals surface area contributed by atoms with Gasteiger partial charge in [0.15, 0.2) is 5.78 Å². The summed E-state index contributed by atoms with van der Waals surface area (Å²) in [6.07, 6.45) is 7.92. The molecule has 1 aliphatic carbocycles. The molecule has 168 valence electrons. The van der Waals surface area contributed by atoms with Gasteiger partial charge in [-0.05, 0) is 62.6 Å². The van der Waals surface area contributed by atoms with E-state index in [1.807, 2.05) is 24.3 Å². The van der Waals surface area contributed by atoms with Crippen LogP contribution >= 0.6 is 0 Å². The Morgan fingerprint density at radius 2 is 1.53 bits per heavy atom. The lowest BCUT2D eigenvalue weighted by Crippen LogP contribution is -2.17. The Kier molecular flexibility index (Phi) is 6.73. The van der Waals surface area contributed by atoms with Crippen LogP contribution in [0.15, 0.2) is 36.4 Å². The van der Waals surface area contributed by atoms with Crippen LogP contribution in [-0.4, -0.2) is 28.7 Å². The van der Waals surface area contributed by atoms with Crippen LogP contribution in [0.2, 0.25) is 0 Å². The highest BCUT2D eigenvalue weighted by Crippen LogP contribution is 2.32. The molecule has 0 saturated heterocycles. The number of nitrogens with zero attached hydrogens (tertiary/aromatic N) is 1. The third-order valence-electron chi connectivity index (χ3n) is 6.73. The fourth-order valence-corrected chi connectivity index (χ4v) is 5.03. The number of hydrogen-bond acceptors (Lipinski definition) is 4. The zero-order chi connectivity index (χ0) is 22.7. The van der Waals surface area contributed by atoms with Crippen molar-refractivity contribution in [2.45, 2.75) is 65.3 Å². The molecule has 0 atom stereocenters. The topological polar surface area (TPSA) is 65.4 Å². The van der Waals surface area contributed by atoms with Crippen LogP contribution in [0.1, 0.15) is 79.5 Å². The minimum absolute atomic E-state index is 0.161. The monoisotopic (exact) mass is 433 g/mol. The number of ketones is 2. The molecule has 32 heavy (non-hydrogen) atoms. The van der Waals surface area contributed by atoms with Crippen molar-refractivity contribution in [3.8, 4) is 0 Å². The molecule has 0 N–H and O–H groups in total. The van der Waals surface area contributed by atoms with Gasteiger partial charge >= 0.3 is 5.97 Å². The average molecular weight is 434 g/mol. The van der Waals surface area contributed by atoms with Gasteiger partial charge in [0.25, 0.3) is 5.78 Å². The van der Waals surface area contributed by atoms with Crippen molar-refractivity contribution in [1.29, 1.82) is 0 Å². The zero-order valence-electron chi connectivity index (χ0n) is 19.0. The van der Waals surface area contributed by atoms with Crippen molar-refractivity contribution in [2.75, 3.05) is 6.61 Å². The number of aryl methyl sites for hydroxylation is 1. The maximum atomic E-state index is 13.0. The number of fused-ring (bicyclic) bond motifs is 3. The van der Waals surface area contributed by atoms with E-state index in [-0.39, 0.29) is 12.4 Å². The van der Waals surface area contributed by atoms with Gasteiger partial charge in [0.05, 0.1) is 6.61 Å². The number of carbonyl (C=O) groups excluding carboxylic acids is 3. The Hall–Kier alpha value is -2.95. The summed E-state index contributed by atoms with van der Waals surface area (Å²) in [6, 6.07) is 11.2. The molecule has 1 saturated carbocycles. The Morgan fingerprint density at radius 3 is 2.16 bits per heavy atom. The predicted octanol–water partition coefficient (Wildman–Crippen LogP) is 6.10. The summed E-state index contributed by atoms with van der Waals surface area (Å²) in [5, 5.41) is 1.81. The van der Waals surface area contributed by atoms with E-state index in [1.165, 1.54) is 32.1 Å². The van der Waals surface area contributed by atoms with Crippen molar-refractivity contribution in [3.63, 3.8) is 0 Å². The summed E-state index contributed by atoms with van der Waals surface area (Å²) in [6.45, 7) is 4.67. The second-order valence-electron chi connectivity index (χ2n) is 8.72. The van der Waals surface area contributed by atoms with Crippen LogP contribution in [0.5, 0.6) is 0 Å². The van der Waals surface area contributed by atoms with Crippen molar-refractivity contribution < 1.29 is 19.1 Å². The van der Waals surface area contributed by atoms with Crippen LogP contribution in [0.3, 0.4) is 0 Å². The number of aromatic nitrogens is 1. The van der Waals surface area contributed by atoms with E-state index in [9.17, 15) is 14.4 Å². The summed E-state index contributed by atoms with van der Waals surface area (Å²) in [4.78, 5) is 37.4. The number of benzene rings is 2. The third-order valence-corrected chi connectivity index (χ3v) is 6.73. The SMILES string of the molecule is CCOC(=O)C(=O)c1ccc2c(c1)c1cc(C(=O)CCC3CCCCC3)ccc1n2CC. The molecule has 2 aromatic carbocycles. The Labute approximate surface area is 188 Å². The van der Waals surface area contributed by atoms with Gasteiger partial charge in [0.1, 0.15) is 0 Å². The highest BCUT2D eigenvalue weighted by atomic mass is 16.5. The van der Waals surface area contributed by atoms with Crippen molar-refractivity contribution in [3.05, 3.63) is 47.5 Å². The average Bonchev–Trinajstić information content (AvgIpc) is 3.15. The number of esters is 1. The van der Waals surface area contributed by atoms with Gasteiger partial charge in [-0.1, -0.05) is 32.1 Å². The quantitative estimate of drug-likeness (QED) is 0.244. The van der Waals surface area contributed by atoms with E-state index in [1.54, 1.807) is 19.1 Å². The molecule has 1 aliphatic rings. The molecule has 0 aliphatic heterocycles. The molecule has 1 fully saturated rings. The lowest BCUT2D eigenvalue weighted by Gasteiger charge is -2.20. The van der Waals surface area contributed by atoms with Crippen molar-refractivity contribution >= 4 is 39.3 Å². The number of rotatable bonds is 8. The van der Waals surface area contributed by atoms with Gasteiger partial charge < -0.3 is 9.30 Å². The van der Waals surface area contributed by atoms with Crippen LogP contribution in [0.25, 0.3) is 21.8 Å². The fraction of sp³-hybridized carbons (Fsp3) is 0.444. The summed E-state index contributed by atoms with van der Waals surface area (Å²) >= 11 is 0. The minimum Gasteiger partial charge on any atom is -0.460 e. The molecule has 0 unspecified atom stereocenters. The van der Waals surface area contributed by atoms with Crippen molar-refractivity contribution in [2.24, 2.45) is 5.92 Å². The molecule has 1 aromatic heterocycles. The van der Waals surface area contributed by atoms with Gasteiger partial charge in [0.2, 0.25) is 0 Å². The fourth-order valence-electron chi connectivity index (χ4n) is 5.03. The largest absolute Gasteiger partial charge is 0.460 e. The van der Waals surface area contributed by atoms with Gasteiger partial charge in [-0.15, -0.1) is 0 Å². The predicted molar refractivity (Wildman–Crippen MR) is 126 cm³/mol. The molecule has 0 amide bonds. The molecule has 0 spiro atoms. The molecular formula is C27H31NO4. The van der Waals surface area contributed by atoms with Gasteiger partial charge in [-0.2, -0.15) is 0 Å². The lowest BCUT2D eigenvalue weighted by molar-refractivity contribution is -0.137. The first-order valence-electron chi connectivity index (χ1n) is 11.8. The number of hydrogen-bond donors (Lipinski definition) is 0. The highest BCUT2D eigenvalue weighted by molar-refractivity contribution is 6.41. The van der Waals surface area contributed by atoms with E-state index < -0.39 is 11.8 Å². The first-order chi connectivity index (χ1) is 15.5. The Balaban J connectivity index is 1.67. The number of Topliss-reactive ketones (excluding diaryl/α,β-unsaturated/α-hetero) is 2. The van der Waals surface area contributed by atoms with Crippen molar-refractivity contribution in [1.82, 2.24) is 4.57 Å². The number of carbonyl (C=O) groups is 3. The first-order valence-corrected chi connectivity index (χ1v) is 11.8. The van der Waals surface area contributed by atoms with E-state index in [0.717, 1.165) is 34.8 Å². The zero-order valence-corrected chi connectivity index (χ0v) is 19.0. The molecule has 4 rings (SSSR count). The summed E-state index contributed by atoms with van der Waals surface area (Å²) in [7, 11) is 0. The molecule has 5 heteroatoms. The second kappa shape index (κ2) is 9.68. The molecular weight excluding hydrogens is 402 g/mol. The smallest absolute Gasteiger partial charge is 0.379 e. The third kappa shape index (κ3) is 4.34. The second-order valence-corrected chi connectivity index (χ2v) is 8.72. The van der Waals surface area contributed by atoms with E-state index in [0.29, 0.717) is 23.5 Å². The normalized spacial score (nSPS) is 14.7. The minimum atomic E-state index is -0.843. The van der Waals surface area contributed by atoms with E-state index in [2.05, 4.69) is 11.5 Å². The van der Waals surface area contributed by atoms with Gasteiger partial charge in [-0.25, -0.2) is 4.79 Å². The first kappa shape index (κ1) is 22.3. The van der Waals surface area contributed by atoms with Gasteiger partial charge in [-0.3, -0.25) is 9.59 Å². The summed E-state index contributed by atoms with van der Waals surface area (Å²) in [5.41, 5.74) is 3.02. The van der Waals surface area contributed by atoms with E-state index >= 15 is 0 Å².